The molecule has 5 rings (SSSR count). The van der Waals surface area contributed by atoms with E-state index in [1.165, 1.54) is 33.1 Å². The number of aromatic nitrogens is 3. The van der Waals surface area contributed by atoms with E-state index in [0.717, 1.165) is 11.3 Å². The third-order valence-corrected chi connectivity index (χ3v) is 6.58. The molecule has 3 aromatic heterocycles. The Morgan fingerprint density at radius 2 is 2.07 bits per heavy atom. The van der Waals surface area contributed by atoms with E-state index in [-0.39, 0.29) is 17.9 Å². The molecule has 1 spiro atoms. The van der Waals surface area contributed by atoms with Gasteiger partial charge in [0.2, 0.25) is 0 Å². The van der Waals surface area contributed by atoms with Gasteiger partial charge in [0.15, 0.2) is 0 Å². The largest absolute Gasteiger partial charge is 0.472 e. The number of thiophene rings is 1. The number of rotatable bonds is 3. The highest BCUT2D eigenvalue weighted by Crippen LogP contribution is 2.40. The van der Waals surface area contributed by atoms with Crippen molar-refractivity contribution < 1.29 is 9.21 Å². The Labute approximate surface area is 163 Å². The first-order chi connectivity index (χ1) is 13.6. The van der Waals surface area contributed by atoms with Crippen LogP contribution in [-0.2, 0) is 18.5 Å². The third-order valence-electron chi connectivity index (χ3n) is 5.72. The summed E-state index contributed by atoms with van der Waals surface area (Å²) < 4.78 is 7.79. The fourth-order valence-corrected chi connectivity index (χ4v) is 4.92. The molecule has 0 N–H and O–H groups in total. The highest BCUT2D eigenvalue weighted by atomic mass is 32.1. The maximum Gasteiger partial charge on any atom is 0.332 e. The minimum absolute atomic E-state index is 0.0849. The van der Waals surface area contributed by atoms with Crippen LogP contribution in [0.2, 0.25) is 0 Å². The number of carbonyl (C=O) groups excluding carboxylic acids is 1. The van der Waals surface area contributed by atoms with Gasteiger partial charge in [0.1, 0.15) is 12.1 Å². The summed E-state index contributed by atoms with van der Waals surface area (Å²) in [4.78, 5) is 40.6. The summed E-state index contributed by atoms with van der Waals surface area (Å²) in [6.45, 7) is 1.82. The average molecular weight is 398 g/mol. The first kappa shape index (κ1) is 17.2. The van der Waals surface area contributed by atoms with Crippen molar-refractivity contribution in [1.82, 2.24) is 19.2 Å². The molecule has 0 aliphatic carbocycles. The van der Waals surface area contributed by atoms with Crippen molar-refractivity contribution in [2.75, 3.05) is 13.1 Å². The lowest BCUT2D eigenvalue weighted by molar-refractivity contribution is 0.0782. The summed E-state index contributed by atoms with van der Waals surface area (Å²) in [5.41, 5.74) is -0.997. The molecular formula is C19H18N4O4S. The van der Waals surface area contributed by atoms with E-state index in [1.807, 2.05) is 17.5 Å². The van der Waals surface area contributed by atoms with Crippen LogP contribution in [0.15, 0.2) is 50.1 Å². The van der Waals surface area contributed by atoms with Gasteiger partial charge in [-0.15, -0.1) is 11.3 Å². The number of amides is 1. The van der Waals surface area contributed by atoms with E-state index in [4.69, 9.17) is 4.42 Å². The smallest absolute Gasteiger partial charge is 0.332 e. The molecule has 1 atom stereocenters. The maximum atomic E-state index is 12.7. The van der Waals surface area contributed by atoms with Crippen LogP contribution in [0, 0.1) is 0 Å². The van der Waals surface area contributed by atoms with Gasteiger partial charge in [0, 0.05) is 24.5 Å². The summed E-state index contributed by atoms with van der Waals surface area (Å²) in [7, 11) is 0. The summed E-state index contributed by atoms with van der Waals surface area (Å²) >= 11 is 1.52. The van der Waals surface area contributed by atoms with Crippen LogP contribution >= 0.6 is 11.3 Å². The van der Waals surface area contributed by atoms with Crippen LogP contribution in [0.4, 0.5) is 0 Å². The molecule has 0 saturated carbocycles. The Bertz CT molecular complexity index is 1150. The molecule has 2 aliphatic heterocycles. The summed E-state index contributed by atoms with van der Waals surface area (Å²) in [5, 5.41) is 6.53. The van der Waals surface area contributed by atoms with Crippen molar-refractivity contribution >= 4 is 17.2 Å². The molecule has 8 nitrogen and oxygen atoms in total. The Balaban J connectivity index is 1.50. The van der Waals surface area contributed by atoms with Gasteiger partial charge in [-0.25, -0.2) is 4.68 Å². The van der Waals surface area contributed by atoms with Crippen LogP contribution in [-0.4, -0.2) is 38.2 Å². The topological polar surface area (TPSA) is 90.3 Å². The lowest BCUT2D eigenvalue weighted by Gasteiger charge is -2.23. The summed E-state index contributed by atoms with van der Waals surface area (Å²) in [5.74, 6) is 0.537. The van der Waals surface area contributed by atoms with E-state index in [0.29, 0.717) is 37.4 Å². The quantitative estimate of drug-likeness (QED) is 0.620. The Hall–Kier alpha value is -2.94. The molecule has 0 bridgehead atoms. The van der Waals surface area contributed by atoms with E-state index in [1.54, 1.807) is 11.0 Å². The van der Waals surface area contributed by atoms with E-state index in [2.05, 4.69) is 5.10 Å². The van der Waals surface area contributed by atoms with Gasteiger partial charge in [-0.3, -0.25) is 19.0 Å². The zero-order chi connectivity index (χ0) is 19.3. The van der Waals surface area contributed by atoms with Crippen molar-refractivity contribution in [3.05, 3.63) is 73.1 Å². The SMILES string of the molecule is O=C(c1ccoc1)N1CC[C@]2(CCn3c2nn(Cc2cccs2)c(=O)c3=O)C1. The molecule has 3 aromatic rings. The standard InChI is InChI=1S/C19H18N4O4S/c24-15(13-3-8-27-11-13)21-6-4-19(12-21)5-7-22-16(25)17(26)23(20-18(19)22)10-14-2-1-9-28-14/h1-3,8-9,11H,4-7,10,12H2/t19-/m0/s1. The molecule has 0 radical (unpaired) electrons. The highest BCUT2D eigenvalue weighted by Gasteiger charge is 2.48. The average Bonchev–Trinajstić information content (AvgIpc) is 3.49. The molecule has 0 unspecified atom stereocenters. The number of fused-ring (bicyclic) bond motifs is 2. The predicted molar refractivity (Wildman–Crippen MR) is 102 cm³/mol. The van der Waals surface area contributed by atoms with E-state index < -0.39 is 11.1 Å². The van der Waals surface area contributed by atoms with Crippen molar-refractivity contribution in [3.63, 3.8) is 0 Å². The Kier molecular flexibility index (Phi) is 3.87. The van der Waals surface area contributed by atoms with Crippen LogP contribution in [0.3, 0.4) is 0 Å². The molecule has 1 saturated heterocycles. The fourth-order valence-electron chi connectivity index (χ4n) is 4.23. The van der Waals surface area contributed by atoms with Crippen LogP contribution in [0.5, 0.6) is 0 Å². The molecular weight excluding hydrogens is 380 g/mol. The lowest BCUT2D eigenvalue weighted by atomic mass is 9.85. The van der Waals surface area contributed by atoms with Crippen molar-refractivity contribution in [3.8, 4) is 0 Å². The third kappa shape index (κ3) is 2.57. The summed E-state index contributed by atoms with van der Waals surface area (Å²) in [6, 6.07) is 5.47. The minimum atomic E-state index is -0.599. The Morgan fingerprint density at radius 3 is 2.82 bits per heavy atom. The van der Waals surface area contributed by atoms with Crippen LogP contribution in [0.25, 0.3) is 0 Å². The lowest BCUT2D eigenvalue weighted by Crippen LogP contribution is -2.45. The normalized spacial score (nSPS) is 20.8. The van der Waals surface area contributed by atoms with Crippen molar-refractivity contribution in [1.29, 1.82) is 0 Å². The van der Waals surface area contributed by atoms with Gasteiger partial charge in [-0.05, 0) is 30.4 Å². The van der Waals surface area contributed by atoms with E-state index >= 15 is 0 Å². The van der Waals surface area contributed by atoms with Gasteiger partial charge in [0.05, 0.1) is 23.8 Å². The molecule has 144 valence electrons. The molecule has 1 fully saturated rings. The van der Waals surface area contributed by atoms with Gasteiger partial charge >= 0.3 is 11.1 Å². The fraction of sp³-hybridized carbons (Fsp3) is 0.368. The molecule has 9 heteroatoms. The summed E-state index contributed by atoms with van der Waals surface area (Å²) in [6.07, 6.45) is 4.35. The van der Waals surface area contributed by atoms with Crippen molar-refractivity contribution in [2.45, 2.75) is 31.3 Å². The molecule has 1 amide bonds. The van der Waals surface area contributed by atoms with Gasteiger partial charge in [0.25, 0.3) is 5.91 Å². The number of furan rings is 1. The number of hydrogen-bond donors (Lipinski definition) is 0. The first-order valence-electron chi connectivity index (χ1n) is 9.14. The van der Waals surface area contributed by atoms with Gasteiger partial charge in [-0.2, -0.15) is 5.10 Å². The highest BCUT2D eigenvalue weighted by molar-refractivity contribution is 7.09. The van der Waals surface area contributed by atoms with Crippen molar-refractivity contribution in [2.24, 2.45) is 0 Å². The monoisotopic (exact) mass is 398 g/mol. The minimum Gasteiger partial charge on any atom is -0.472 e. The number of carbonyl (C=O) groups is 1. The number of nitrogens with zero attached hydrogens (tertiary/aromatic N) is 4. The maximum absolute atomic E-state index is 12.7. The second-order valence-corrected chi connectivity index (χ2v) is 8.37. The van der Waals surface area contributed by atoms with Crippen LogP contribution in [0.1, 0.15) is 33.9 Å². The molecule has 5 heterocycles. The Morgan fingerprint density at radius 1 is 1.21 bits per heavy atom. The van der Waals surface area contributed by atoms with Gasteiger partial charge < -0.3 is 9.32 Å². The predicted octanol–water partition coefficient (Wildman–Crippen LogP) is 1.30. The molecule has 2 aliphatic rings. The number of likely N-dealkylation sites (tertiary alicyclic amines) is 1. The van der Waals surface area contributed by atoms with Gasteiger partial charge in [-0.1, -0.05) is 6.07 Å². The zero-order valence-electron chi connectivity index (χ0n) is 15.0. The number of hydrogen-bond acceptors (Lipinski definition) is 6. The molecule has 28 heavy (non-hydrogen) atoms. The zero-order valence-corrected chi connectivity index (χ0v) is 15.9. The molecule has 0 aromatic carbocycles. The first-order valence-corrected chi connectivity index (χ1v) is 10.0. The second-order valence-electron chi connectivity index (χ2n) is 7.34. The van der Waals surface area contributed by atoms with E-state index in [9.17, 15) is 14.4 Å². The second kappa shape index (κ2) is 6.30. The van der Waals surface area contributed by atoms with Crippen LogP contribution < -0.4 is 11.1 Å².